The van der Waals surface area contributed by atoms with Gasteiger partial charge in [0.15, 0.2) is 0 Å². The van der Waals surface area contributed by atoms with E-state index < -0.39 is 0 Å². The van der Waals surface area contributed by atoms with Crippen LogP contribution in [0.15, 0.2) is 0 Å². The van der Waals surface area contributed by atoms with Gasteiger partial charge in [-0.2, -0.15) is 0 Å². The van der Waals surface area contributed by atoms with E-state index in [1.54, 1.807) is 0 Å². The fourth-order valence-electron chi connectivity index (χ4n) is 2.32. The SMILES string of the molecule is CCC(C)N1CCN(CCCCNC)CC1. The van der Waals surface area contributed by atoms with Crippen LogP contribution in [0.2, 0.25) is 0 Å². The molecule has 1 heterocycles. The highest BCUT2D eigenvalue weighted by Gasteiger charge is 2.19. The first kappa shape index (κ1) is 13.9. The van der Waals surface area contributed by atoms with E-state index in [2.05, 4.69) is 29.0 Å². The molecule has 0 saturated carbocycles. The molecule has 0 spiro atoms. The highest BCUT2D eigenvalue weighted by molar-refractivity contribution is 4.75. The number of unbranched alkanes of at least 4 members (excludes halogenated alkanes) is 1. The zero-order valence-corrected chi connectivity index (χ0v) is 11.3. The summed E-state index contributed by atoms with van der Waals surface area (Å²) in [6.45, 7) is 12.1. The zero-order valence-electron chi connectivity index (χ0n) is 11.3. The standard InChI is InChI=1S/C13H29N3/c1-4-13(2)16-11-9-15(10-12-16)8-6-5-7-14-3/h13-14H,4-12H2,1-3H3. The second-order valence-corrected chi connectivity index (χ2v) is 4.95. The molecule has 1 aliphatic rings. The lowest BCUT2D eigenvalue weighted by Crippen LogP contribution is -2.49. The van der Waals surface area contributed by atoms with Gasteiger partial charge in [0, 0.05) is 32.2 Å². The van der Waals surface area contributed by atoms with Gasteiger partial charge in [0.1, 0.15) is 0 Å². The molecule has 0 bridgehead atoms. The van der Waals surface area contributed by atoms with Gasteiger partial charge in [-0.15, -0.1) is 0 Å². The van der Waals surface area contributed by atoms with Gasteiger partial charge in [-0.25, -0.2) is 0 Å². The number of hydrogen-bond donors (Lipinski definition) is 1. The third-order valence-corrected chi connectivity index (χ3v) is 3.77. The van der Waals surface area contributed by atoms with Crippen LogP contribution in [0.4, 0.5) is 0 Å². The number of hydrogen-bond acceptors (Lipinski definition) is 3. The monoisotopic (exact) mass is 227 g/mol. The maximum absolute atomic E-state index is 3.21. The van der Waals surface area contributed by atoms with Crippen LogP contribution < -0.4 is 5.32 Å². The molecule has 0 aromatic heterocycles. The van der Waals surface area contributed by atoms with E-state index in [0.717, 1.165) is 12.6 Å². The summed E-state index contributed by atoms with van der Waals surface area (Å²) in [6, 6.07) is 0.770. The Hall–Kier alpha value is -0.120. The lowest BCUT2D eigenvalue weighted by molar-refractivity contribution is 0.0996. The second kappa shape index (κ2) is 8.04. The van der Waals surface area contributed by atoms with Gasteiger partial charge in [0.05, 0.1) is 0 Å². The summed E-state index contributed by atoms with van der Waals surface area (Å²) < 4.78 is 0. The van der Waals surface area contributed by atoms with E-state index >= 15 is 0 Å². The van der Waals surface area contributed by atoms with E-state index in [9.17, 15) is 0 Å². The Balaban J connectivity index is 2.07. The van der Waals surface area contributed by atoms with Crippen molar-refractivity contribution < 1.29 is 0 Å². The first-order valence-corrected chi connectivity index (χ1v) is 6.89. The number of nitrogens with zero attached hydrogens (tertiary/aromatic N) is 2. The van der Waals surface area contributed by atoms with Crippen molar-refractivity contribution in [2.45, 2.75) is 39.2 Å². The molecular formula is C13H29N3. The summed E-state index contributed by atoms with van der Waals surface area (Å²) in [5, 5.41) is 3.21. The Morgan fingerprint density at radius 2 is 1.81 bits per heavy atom. The minimum atomic E-state index is 0.770. The molecule has 1 rings (SSSR count). The van der Waals surface area contributed by atoms with Gasteiger partial charge in [-0.1, -0.05) is 6.92 Å². The maximum atomic E-state index is 3.21. The number of piperazine rings is 1. The summed E-state index contributed by atoms with van der Waals surface area (Å²) >= 11 is 0. The summed E-state index contributed by atoms with van der Waals surface area (Å²) in [4.78, 5) is 5.25. The fraction of sp³-hybridized carbons (Fsp3) is 1.00. The molecule has 1 fully saturated rings. The van der Waals surface area contributed by atoms with Crippen LogP contribution in [0.1, 0.15) is 33.1 Å². The maximum Gasteiger partial charge on any atom is 0.0113 e. The first-order chi connectivity index (χ1) is 7.77. The molecule has 1 N–H and O–H groups in total. The van der Waals surface area contributed by atoms with Crippen LogP contribution in [-0.4, -0.2) is 62.2 Å². The third kappa shape index (κ3) is 4.81. The van der Waals surface area contributed by atoms with Crippen molar-refractivity contribution in [3.05, 3.63) is 0 Å². The lowest BCUT2D eigenvalue weighted by atomic mass is 10.2. The van der Waals surface area contributed by atoms with E-state index in [1.165, 1.54) is 52.0 Å². The molecule has 1 atom stereocenters. The average Bonchev–Trinajstić information content (AvgIpc) is 2.34. The molecule has 96 valence electrons. The molecule has 0 amide bonds. The fourth-order valence-corrected chi connectivity index (χ4v) is 2.32. The van der Waals surface area contributed by atoms with Crippen molar-refractivity contribution in [1.82, 2.24) is 15.1 Å². The smallest absolute Gasteiger partial charge is 0.0113 e. The predicted octanol–water partition coefficient (Wildman–Crippen LogP) is 1.40. The first-order valence-electron chi connectivity index (χ1n) is 6.89. The van der Waals surface area contributed by atoms with Crippen molar-refractivity contribution in [1.29, 1.82) is 0 Å². The normalized spacial score (nSPS) is 21.2. The molecule has 3 heteroatoms. The molecule has 0 aromatic rings. The minimum Gasteiger partial charge on any atom is -0.320 e. The molecule has 1 unspecified atom stereocenters. The van der Waals surface area contributed by atoms with Gasteiger partial charge in [0.2, 0.25) is 0 Å². The Morgan fingerprint density at radius 1 is 1.12 bits per heavy atom. The summed E-state index contributed by atoms with van der Waals surface area (Å²) in [7, 11) is 2.03. The molecular weight excluding hydrogens is 198 g/mol. The van der Waals surface area contributed by atoms with E-state index in [1.807, 2.05) is 7.05 Å². The lowest BCUT2D eigenvalue weighted by Gasteiger charge is -2.37. The molecule has 1 saturated heterocycles. The van der Waals surface area contributed by atoms with Gasteiger partial charge < -0.3 is 10.2 Å². The molecule has 1 aliphatic heterocycles. The van der Waals surface area contributed by atoms with Gasteiger partial charge in [-0.05, 0) is 46.3 Å². The van der Waals surface area contributed by atoms with Crippen molar-refractivity contribution in [2.24, 2.45) is 0 Å². The van der Waals surface area contributed by atoms with Crippen LogP contribution in [-0.2, 0) is 0 Å². The van der Waals surface area contributed by atoms with Gasteiger partial charge in [-0.3, -0.25) is 4.90 Å². The van der Waals surface area contributed by atoms with Crippen molar-refractivity contribution >= 4 is 0 Å². The van der Waals surface area contributed by atoms with Crippen molar-refractivity contribution in [2.75, 3.05) is 46.3 Å². The number of nitrogens with one attached hydrogen (secondary N) is 1. The molecule has 0 radical (unpaired) electrons. The quantitative estimate of drug-likeness (QED) is 0.663. The second-order valence-electron chi connectivity index (χ2n) is 4.95. The summed E-state index contributed by atoms with van der Waals surface area (Å²) in [6.07, 6.45) is 3.93. The van der Waals surface area contributed by atoms with Crippen LogP contribution in [0, 0.1) is 0 Å². The minimum absolute atomic E-state index is 0.770. The van der Waals surface area contributed by atoms with Crippen molar-refractivity contribution in [3.63, 3.8) is 0 Å². The average molecular weight is 227 g/mol. The molecule has 0 aromatic carbocycles. The van der Waals surface area contributed by atoms with Crippen molar-refractivity contribution in [3.8, 4) is 0 Å². The Bertz CT molecular complexity index is 165. The van der Waals surface area contributed by atoms with Crippen LogP contribution in [0.3, 0.4) is 0 Å². The third-order valence-electron chi connectivity index (χ3n) is 3.77. The van der Waals surface area contributed by atoms with E-state index in [-0.39, 0.29) is 0 Å². The van der Waals surface area contributed by atoms with Gasteiger partial charge >= 0.3 is 0 Å². The number of rotatable bonds is 7. The van der Waals surface area contributed by atoms with Crippen LogP contribution in [0.5, 0.6) is 0 Å². The zero-order chi connectivity index (χ0) is 11.8. The molecule has 16 heavy (non-hydrogen) atoms. The Morgan fingerprint density at radius 3 is 2.38 bits per heavy atom. The highest BCUT2D eigenvalue weighted by Crippen LogP contribution is 2.09. The van der Waals surface area contributed by atoms with Crippen LogP contribution in [0.25, 0.3) is 0 Å². The van der Waals surface area contributed by atoms with E-state index in [0.29, 0.717) is 0 Å². The molecule has 0 aliphatic carbocycles. The largest absolute Gasteiger partial charge is 0.320 e. The summed E-state index contributed by atoms with van der Waals surface area (Å²) in [5.74, 6) is 0. The van der Waals surface area contributed by atoms with Gasteiger partial charge in [0.25, 0.3) is 0 Å². The van der Waals surface area contributed by atoms with E-state index in [4.69, 9.17) is 0 Å². The Labute approximate surface area is 101 Å². The predicted molar refractivity (Wildman–Crippen MR) is 70.9 cm³/mol. The summed E-state index contributed by atoms with van der Waals surface area (Å²) in [5.41, 5.74) is 0. The topological polar surface area (TPSA) is 18.5 Å². The Kier molecular flexibility index (Phi) is 7.01. The highest BCUT2D eigenvalue weighted by atomic mass is 15.3. The molecule has 3 nitrogen and oxygen atoms in total. The van der Waals surface area contributed by atoms with Crippen LogP contribution >= 0.6 is 0 Å².